The van der Waals surface area contributed by atoms with Crippen molar-refractivity contribution in [2.24, 2.45) is 0 Å². The van der Waals surface area contributed by atoms with Gasteiger partial charge in [0.15, 0.2) is 4.77 Å². The van der Waals surface area contributed by atoms with Crippen LogP contribution in [0.3, 0.4) is 0 Å². The van der Waals surface area contributed by atoms with Crippen molar-refractivity contribution in [2.45, 2.75) is 57.2 Å². The van der Waals surface area contributed by atoms with Gasteiger partial charge in [-0.3, -0.25) is 4.57 Å². The zero-order valence-electron chi connectivity index (χ0n) is 9.80. The van der Waals surface area contributed by atoms with Crippen LogP contribution in [0.5, 0.6) is 5.88 Å². The summed E-state index contributed by atoms with van der Waals surface area (Å²) in [6.07, 6.45) is 6.07. The molecule has 1 aliphatic heterocycles. The molecule has 1 atom stereocenters. The minimum Gasteiger partial charge on any atom is -0.493 e. The molecule has 1 aromatic heterocycles. The largest absolute Gasteiger partial charge is 0.493 e. The Morgan fingerprint density at radius 1 is 1.18 bits per heavy atom. The molecule has 1 fully saturated rings. The minimum absolute atomic E-state index is 0.290. The number of rotatable bonds is 1. The molecule has 0 bridgehead atoms. The van der Waals surface area contributed by atoms with Gasteiger partial charge in [-0.15, -0.1) is 0 Å². The molecule has 0 amide bonds. The maximum Gasteiger partial charge on any atom is 0.213 e. The van der Waals surface area contributed by atoms with Gasteiger partial charge in [-0.25, -0.2) is 0 Å². The van der Waals surface area contributed by atoms with Crippen molar-refractivity contribution in [1.29, 1.82) is 0 Å². The zero-order chi connectivity index (χ0) is 12.0. The van der Waals surface area contributed by atoms with E-state index in [2.05, 4.69) is 0 Å². The average molecular weight is 254 g/mol. The standard InChI is InChI=1S/C12H18N2O2S/c15-9-6-10-11(16)14(12(17)13(10)7-9)8-4-2-1-3-5-8/h8-9,15-16H,1-7H2/t9-/m1/s1. The molecular formula is C12H18N2O2S. The second-order valence-corrected chi connectivity index (χ2v) is 5.55. The maximum atomic E-state index is 10.3. The molecule has 0 unspecified atom stereocenters. The first-order valence-electron chi connectivity index (χ1n) is 6.39. The van der Waals surface area contributed by atoms with E-state index in [1.807, 2.05) is 9.13 Å². The molecule has 3 rings (SSSR count). The van der Waals surface area contributed by atoms with E-state index in [1.54, 1.807) is 0 Å². The van der Waals surface area contributed by atoms with Crippen molar-refractivity contribution < 1.29 is 10.2 Å². The molecule has 2 N–H and O–H groups in total. The molecule has 94 valence electrons. The second-order valence-electron chi connectivity index (χ2n) is 5.18. The number of aliphatic hydroxyl groups excluding tert-OH is 1. The topological polar surface area (TPSA) is 50.3 Å². The Morgan fingerprint density at radius 2 is 1.88 bits per heavy atom. The number of aliphatic hydroxyl groups is 1. The van der Waals surface area contributed by atoms with Crippen molar-refractivity contribution in [1.82, 2.24) is 9.13 Å². The van der Waals surface area contributed by atoms with E-state index in [0.29, 0.717) is 29.7 Å². The van der Waals surface area contributed by atoms with Crippen LogP contribution in [0.4, 0.5) is 0 Å². The van der Waals surface area contributed by atoms with Crippen molar-refractivity contribution in [3.8, 4) is 5.88 Å². The summed E-state index contributed by atoms with van der Waals surface area (Å²) in [6.45, 7) is 0.529. The number of hydrogen-bond donors (Lipinski definition) is 2. The highest BCUT2D eigenvalue weighted by molar-refractivity contribution is 7.71. The van der Waals surface area contributed by atoms with Crippen LogP contribution in [-0.4, -0.2) is 25.5 Å². The van der Waals surface area contributed by atoms with Gasteiger partial charge in [0.25, 0.3) is 0 Å². The maximum absolute atomic E-state index is 10.3. The molecule has 1 aliphatic carbocycles. The number of fused-ring (bicyclic) bond motifs is 1. The van der Waals surface area contributed by atoms with Crippen molar-refractivity contribution >= 4 is 12.2 Å². The van der Waals surface area contributed by atoms with Crippen LogP contribution in [0.25, 0.3) is 0 Å². The van der Waals surface area contributed by atoms with Gasteiger partial charge in [-0.05, 0) is 25.1 Å². The zero-order valence-corrected chi connectivity index (χ0v) is 10.6. The number of aromatic hydroxyl groups is 1. The van der Waals surface area contributed by atoms with Gasteiger partial charge >= 0.3 is 0 Å². The third-order valence-corrected chi connectivity index (χ3v) is 4.43. The first-order valence-corrected chi connectivity index (χ1v) is 6.80. The lowest BCUT2D eigenvalue weighted by Crippen LogP contribution is -2.15. The van der Waals surface area contributed by atoms with Crippen LogP contribution in [0, 0.1) is 4.77 Å². The van der Waals surface area contributed by atoms with E-state index >= 15 is 0 Å². The van der Waals surface area contributed by atoms with Gasteiger partial charge in [0.1, 0.15) is 0 Å². The van der Waals surface area contributed by atoms with Crippen LogP contribution in [0.1, 0.15) is 43.8 Å². The van der Waals surface area contributed by atoms with E-state index in [9.17, 15) is 10.2 Å². The van der Waals surface area contributed by atoms with Gasteiger partial charge in [0.2, 0.25) is 5.88 Å². The highest BCUT2D eigenvalue weighted by atomic mass is 32.1. The fourth-order valence-electron chi connectivity index (χ4n) is 3.15. The summed E-state index contributed by atoms with van der Waals surface area (Å²) in [5, 5.41) is 19.9. The summed E-state index contributed by atoms with van der Waals surface area (Å²) in [6, 6.07) is 0.353. The van der Waals surface area contributed by atoms with Crippen LogP contribution in [0.15, 0.2) is 0 Å². The summed E-state index contributed by atoms with van der Waals surface area (Å²) in [5.74, 6) is 0.290. The van der Waals surface area contributed by atoms with Gasteiger partial charge in [0, 0.05) is 12.5 Å². The Labute approximate surface area is 106 Å². The van der Waals surface area contributed by atoms with Crippen LogP contribution < -0.4 is 0 Å². The lowest BCUT2D eigenvalue weighted by molar-refractivity contribution is 0.173. The summed E-state index contributed by atoms with van der Waals surface area (Å²) in [4.78, 5) is 0. The normalized spacial score (nSPS) is 25.1. The third-order valence-electron chi connectivity index (χ3n) is 4.01. The third kappa shape index (κ3) is 1.72. The van der Waals surface area contributed by atoms with Gasteiger partial charge < -0.3 is 14.8 Å². The van der Waals surface area contributed by atoms with Crippen LogP contribution in [0.2, 0.25) is 0 Å². The summed E-state index contributed by atoms with van der Waals surface area (Å²) >= 11 is 5.43. The number of imidazole rings is 1. The molecule has 4 nitrogen and oxygen atoms in total. The average Bonchev–Trinajstić information content (AvgIpc) is 2.81. The smallest absolute Gasteiger partial charge is 0.213 e. The van der Waals surface area contributed by atoms with Gasteiger partial charge in [-0.1, -0.05) is 19.3 Å². The quantitative estimate of drug-likeness (QED) is 0.755. The Morgan fingerprint density at radius 3 is 2.53 bits per heavy atom. The molecule has 0 radical (unpaired) electrons. The molecule has 2 aliphatic rings. The fourth-order valence-corrected chi connectivity index (χ4v) is 3.57. The van der Waals surface area contributed by atoms with E-state index < -0.39 is 6.10 Å². The predicted octanol–water partition coefficient (Wildman–Crippen LogP) is 2.15. The summed E-state index contributed by atoms with van der Waals surface area (Å²) in [7, 11) is 0. The monoisotopic (exact) mass is 254 g/mol. The molecule has 0 spiro atoms. The van der Waals surface area contributed by atoms with Crippen LogP contribution >= 0.6 is 12.2 Å². The Balaban J connectivity index is 2.01. The van der Waals surface area contributed by atoms with Gasteiger partial charge in [-0.2, -0.15) is 0 Å². The second kappa shape index (κ2) is 4.14. The minimum atomic E-state index is -0.390. The predicted molar refractivity (Wildman–Crippen MR) is 66.8 cm³/mol. The first kappa shape index (κ1) is 11.3. The lowest BCUT2D eigenvalue weighted by atomic mass is 9.95. The summed E-state index contributed by atoms with van der Waals surface area (Å²) in [5.41, 5.74) is 0.813. The van der Waals surface area contributed by atoms with Crippen LogP contribution in [-0.2, 0) is 13.0 Å². The Bertz CT molecular complexity index is 485. The number of hydrogen-bond acceptors (Lipinski definition) is 3. The number of nitrogens with zero attached hydrogens (tertiary/aromatic N) is 2. The molecule has 2 heterocycles. The van der Waals surface area contributed by atoms with E-state index in [0.717, 1.165) is 18.5 Å². The molecule has 17 heavy (non-hydrogen) atoms. The van der Waals surface area contributed by atoms with Crippen molar-refractivity contribution in [2.75, 3.05) is 0 Å². The first-order chi connectivity index (χ1) is 8.18. The summed E-state index contributed by atoms with van der Waals surface area (Å²) < 4.78 is 4.49. The molecular weight excluding hydrogens is 236 g/mol. The Hall–Kier alpha value is -0.810. The molecule has 1 aromatic rings. The highest BCUT2D eigenvalue weighted by Gasteiger charge is 2.29. The fraction of sp³-hybridized carbons (Fsp3) is 0.750. The number of aromatic nitrogens is 2. The molecule has 0 saturated heterocycles. The van der Waals surface area contributed by atoms with Crippen molar-refractivity contribution in [3.63, 3.8) is 0 Å². The van der Waals surface area contributed by atoms with E-state index in [-0.39, 0.29) is 0 Å². The molecule has 0 aromatic carbocycles. The molecule has 1 saturated carbocycles. The lowest BCUT2D eigenvalue weighted by Gasteiger charge is -2.23. The van der Waals surface area contributed by atoms with E-state index in [4.69, 9.17) is 12.2 Å². The SMILES string of the molecule is Oc1c2n(c(=S)n1C1CCCCC1)C[C@H](O)C2. The van der Waals surface area contributed by atoms with E-state index in [1.165, 1.54) is 19.3 Å². The van der Waals surface area contributed by atoms with Crippen molar-refractivity contribution in [3.05, 3.63) is 10.5 Å². The van der Waals surface area contributed by atoms with Gasteiger partial charge in [0.05, 0.1) is 18.3 Å². The molecule has 5 heteroatoms. The highest BCUT2D eigenvalue weighted by Crippen LogP contribution is 2.36. The Kier molecular flexibility index (Phi) is 2.75.